The van der Waals surface area contributed by atoms with Crippen molar-refractivity contribution in [3.8, 4) is 11.1 Å². The van der Waals surface area contributed by atoms with Gasteiger partial charge in [0.15, 0.2) is 5.76 Å². The summed E-state index contributed by atoms with van der Waals surface area (Å²) in [6.45, 7) is 5.28. The van der Waals surface area contributed by atoms with E-state index in [0.717, 1.165) is 27.2 Å². The molecule has 1 N–H and O–H groups in total. The maximum Gasteiger partial charge on any atom is 0.417 e. The summed E-state index contributed by atoms with van der Waals surface area (Å²) in [6.07, 6.45) is 0.505. The molecule has 36 heavy (non-hydrogen) atoms. The van der Waals surface area contributed by atoms with Crippen LogP contribution >= 0.6 is 0 Å². The van der Waals surface area contributed by atoms with Gasteiger partial charge in [0.1, 0.15) is 17.8 Å². The Morgan fingerprint density at radius 1 is 1.06 bits per heavy atom. The number of benzene rings is 2. The summed E-state index contributed by atoms with van der Waals surface area (Å²) in [5.74, 6) is -1.53. The predicted molar refractivity (Wildman–Crippen MR) is 134 cm³/mol. The summed E-state index contributed by atoms with van der Waals surface area (Å²) in [4.78, 5) is 40.3. The molecule has 7 nitrogen and oxygen atoms in total. The highest BCUT2D eigenvalue weighted by atomic mass is 16.6. The van der Waals surface area contributed by atoms with E-state index >= 15 is 0 Å². The average Bonchev–Trinajstić information content (AvgIpc) is 3.44. The summed E-state index contributed by atoms with van der Waals surface area (Å²) < 4.78 is 11.5. The number of cyclic esters (lactones) is 1. The smallest absolute Gasteiger partial charge is 0.417 e. The molecule has 1 aliphatic heterocycles. The van der Waals surface area contributed by atoms with E-state index in [9.17, 15) is 14.4 Å². The first-order valence-corrected chi connectivity index (χ1v) is 12.2. The van der Waals surface area contributed by atoms with E-state index in [4.69, 9.17) is 14.3 Å². The fraction of sp³-hybridized carbons (Fsp3) is 0.345. The zero-order valence-electron chi connectivity index (χ0n) is 20.8. The summed E-state index contributed by atoms with van der Waals surface area (Å²) in [5.41, 5.74) is 3.56. The van der Waals surface area contributed by atoms with Crippen LogP contribution in [0.1, 0.15) is 60.2 Å². The molecular weight excluding hydrogens is 458 g/mol. The van der Waals surface area contributed by atoms with Crippen molar-refractivity contribution in [3.63, 3.8) is 0 Å². The topological polar surface area (TPSA) is 97.1 Å². The number of hydrogen-bond donors (Lipinski definition) is 1. The molecule has 0 bridgehead atoms. The van der Waals surface area contributed by atoms with Crippen LogP contribution in [0.15, 0.2) is 65.1 Å². The van der Waals surface area contributed by atoms with Crippen LogP contribution in [0.4, 0.5) is 4.79 Å². The van der Waals surface area contributed by atoms with Crippen LogP contribution in [0.3, 0.4) is 0 Å². The second-order valence-electron chi connectivity index (χ2n) is 9.25. The monoisotopic (exact) mass is 489 g/mol. The van der Waals surface area contributed by atoms with Gasteiger partial charge < -0.3 is 14.3 Å². The van der Waals surface area contributed by atoms with E-state index in [-0.39, 0.29) is 12.4 Å². The third-order valence-electron chi connectivity index (χ3n) is 6.59. The van der Waals surface area contributed by atoms with Crippen molar-refractivity contribution < 1.29 is 28.6 Å². The van der Waals surface area contributed by atoms with Crippen LogP contribution in [0.5, 0.6) is 0 Å². The molecule has 2 heterocycles. The molecule has 0 radical (unpaired) electrons. The number of amides is 2. The second kappa shape index (κ2) is 10.9. The van der Waals surface area contributed by atoms with Gasteiger partial charge in [0.2, 0.25) is 11.7 Å². The Balaban J connectivity index is 1.57. The van der Waals surface area contributed by atoms with Gasteiger partial charge in [-0.05, 0) is 50.8 Å². The Hall–Kier alpha value is -3.71. The summed E-state index contributed by atoms with van der Waals surface area (Å²) >= 11 is 0. The Morgan fingerprint density at radius 3 is 2.50 bits per heavy atom. The van der Waals surface area contributed by atoms with Gasteiger partial charge in [0, 0.05) is 18.6 Å². The van der Waals surface area contributed by atoms with E-state index in [0.29, 0.717) is 25.0 Å². The molecule has 4 rings (SSSR count). The van der Waals surface area contributed by atoms with Crippen molar-refractivity contribution in [2.75, 3.05) is 6.61 Å². The number of aliphatic hydroxyl groups excluding tert-OH is 1. The second-order valence-corrected chi connectivity index (χ2v) is 9.25. The lowest BCUT2D eigenvalue weighted by Gasteiger charge is -2.21. The molecule has 1 aromatic heterocycles. The largest absolute Gasteiger partial charge is 0.457 e. The van der Waals surface area contributed by atoms with Crippen molar-refractivity contribution in [2.24, 2.45) is 5.92 Å². The molecule has 2 amide bonds. The van der Waals surface area contributed by atoms with Crippen LogP contribution < -0.4 is 0 Å². The number of nitrogens with zero attached hydrogens (tertiary/aromatic N) is 1. The third-order valence-corrected chi connectivity index (χ3v) is 6.59. The third kappa shape index (κ3) is 5.11. The normalized spacial score (nSPS) is 18.2. The summed E-state index contributed by atoms with van der Waals surface area (Å²) in [5, 5.41) is 9.17. The number of aryl methyl sites for hydroxylation is 2. The van der Waals surface area contributed by atoms with Gasteiger partial charge in [0.05, 0.1) is 6.04 Å². The Bertz CT molecular complexity index is 1250. The number of furan rings is 1. The lowest BCUT2D eigenvalue weighted by molar-refractivity contribution is -0.131. The van der Waals surface area contributed by atoms with Gasteiger partial charge in [-0.15, -0.1) is 0 Å². The molecule has 3 atom stereocenters. The minimum Gasteiger partial charge on any atom is -0.457 e. The molecule has 0 saturated carbocycles. The number of ketones is 1. The quantitative estimate of drug-likeness (QED) is 0.242. The van der Waals surface area contributed by atoms with Crippen LogP contribution in [-0.2, 0) is 16.0 Å². The van der Waals surface area contributed by atoms with Crippen molar-refractivity contribution in [1.82, 2.24) is 4.90 Å². The van der Waals surface area contributed by atoms with Crippen LogP contribution in [0, 0.1) is 12.8 Å². The first kappa shape index (κ1) is 25.4. The molecular formula is C29H31NO6. The molecule has 0 aliphatic carbocycles. The molecule has 188 valence electrons. The number of carbonyl (C=O) groups excluding carboxylic acids is 3. The van der Waals surface area contributed by atoms with Gasteiger partial charge in [-0.1, -0.05) is 60.2 Å². The van der Waals surface area contributed by atoms with Crippen LogP contribution in [0.25, 0.3) is 11.1 Å². The molecule has 3 aromatic rings. The molecule has 7 heteroatoms. The van der Waals surface area contributed by atoms with E-state index in [1.807, 2.05) is 61.5 Å². The molecule has 0 spiro atoms. The van der Waals surface area contributed by atoms with Gasteiger partial charge in [-0.25, -0.2) is 9.69 Å². The minimum absolute atomic E-state index is 0.0752. The molecule has 2 aromatic carbocycles. The summed E-state index contributed by atoms with van der Waals surface area (Å²) in [7, 11) is 0. The van der Waals surface area contributed by atoms with E-state index in [1.54, 1.807) is 13.0 Å². The zero-order chi connectivity index (χ0) is 25.8. The van der Waals surface area contributed by atoms with Crippen molar-refractivity contribution in [3.05, 3.63) is 83.3 Å². The van der Waals surface area contributed by atoms with Gasteiger partial charge in [-0.3, -0.25) is 9.59 Å². The predicted octanol–water partition coefficient (Wildman–Crippen LogP) is 5.50. The summed E-state index contributed by atoms with van der Waals surface area (Å²) in [6, 6.07) is 18.2. The van der Waals surface area contributed by atoms with Crippen molar-refractivity contribution in [1.29, 1.82) is 0 Å². The standard InChI is InChI=1S/C29H31NO6/c1-18-10-9-13-22(16-18)23-17-25(35-24(23)14-7-8-15-31)26(32)19(2)28(33)30-20(3)27(36-29(30)34)21-11-5-4-6-12-21/h4-6,9-13,16-17,19-20,27,31H,7-8,14-15H2,1-3H3/t19-,20-,27-/m0/s1. The zero-order valence-corrected chi connectivity index (χ0v) is 20.8. The highest BCUT2D eigenvalue weighted by molar-refractivity contribution is 6.12. The maximum atomic E-state index is 13.4. The number of ether oxygens (including phenoxy) is 1. The number of carbonyl (C=O) groups is 3. The van der Waals surface area contributed by atoms with E-state index in [1.165, 1.54) is 6.92 Å². The Labute approximate surface area is 210 Å². The Morgan fingerprint density at radius 2 is 1.81 bits per heavy atom. The van der Waals surface area contributed by atoms with Gasteiger partial charge in [0.25, 0.3) is 0 Å². The van der Waals surface area contributed by atoms with Crippen LogP contribution in [-0.4, -0.2) is 40.4 Å². The van der Waals surface area contributed by atoms with E-state index < -0.39 is 35.8 Å². The number of aliphatic hydroxyl groups is 1. The van der Waals surface area contributed by atoms with Gasteiger partial charge >= 0.3 is 6.09 Å². The lowest BCUT2D eigenvalue weighted by Crippen LogP contribution is -2.43. The first-order chi connectivity index (χ1) is 17.3. The minimum atomic E-state index is -1.13. The average molecular weight is 490 g/mol. The maximum absolute atomic E-state index is 13.4. The number of unbranched alkanes of at least 4 members (excludes halogenated alkanes) is 1. The van der Waals surface area contributed by atoms with Crippen LogP contribution in [0.2, 0.25) is 0 Å². The molecule has 0 unspecified atom stereocenters. The van der Waals surface area contributed by atoms with Gasteiger partial charge in [-0.2, -0.15) is 0 Å². The highest BCUT2D eigenvalue weighted by Gasteiger charge is 2.46. The highest BCUT2D eigenvalue weighted by Crippen LogP contribution is 2.35. The SMILES string of the molecule is Cc1cccc(-c2cc(C(=O)[C@H](C)C(=O)N3C(=O)O[C@H](c4ccccc4)[C@@H]3C)oc2CCCCO)c1. The first-order valence-electron chi connectivity index (χ1n) is 12.2. The number of imide groups is 1. The fourth-order valence-electron chi connectivity index (χ4n) is 4.57. The molecule has 1 aliphatic rings. The van der Waals surface area contributed by atoms with E-state index in [2.05, 4.69) is 0 Å². The fourth-order valence-corrected chi connectivity index (χ4v) is 4.57. The number of Topliss-reactive ketones (excluding diaryl/α,β-unsaturated/α-hetero) is 1. The number of hydrogen-bond acceptors (Lipinski definition) is 6. The van der Waals surface area contributed by atoms with Crippen molar-refractivity contribution in [2.45, 2.75) is 52.2 Å². The van der Waals surface area contributed by atoms with Crippen molar-refractivity contribution >= 4 is 17.8 Å². The molecule has 1 saturated heterocycles. The number of rotatable bonds is 9. The Kier molecular flexibility index (Phi) is 7.70. The molecule has 1 fully saturated rings. The lowest BCUT2D eigenvalue weighted by atomic mass is 9.98.